The normalized spacial score (nSPS) is 16.2. The van der Waals surface area contributed by atoms with Crippen LogP contribution < -0.4 is 10.5 Å². The minimum Gasteiger partial charge on any atom is -0.463 e. The number of allylic oxidation sites excluding steroid dienone is 2. The third-order valence-electron chi connectivity index (χ3n) is 5.47. The minimum absolute atomic E-state index is 0.381. The molecule has 1 aliphatic carbocycles. The third-order valence-corrected chi connectivity index (χ3v) is 5.47. The largest absolute Gasteiger partial charge is 0.463 e. The maximum absolute atomic E-state index is 6.15. The Morgan fingerprint density at radius 2 is 2.04 bits per heavy atom. The Labute approximate surface area is 166 Å². The van der Waals surface area contributed by atoms with Gasteiger partial charge >= 0.3 is 6.01 Å². The van der Waals surface area contributed by atoms with E-state index in [0.717, 1.165) is 54.8 Å². The van der Waals surface area contributed by atoms with Crippen molar-refractivity contribution in [3.05, 3.63) is 46.9 Å². The van der Waals surface area contributed by atoms with Crippen molar-refractivity contribution in [1.29, 1.82) is 0 Å². The molecule has 0 bridgehead atoms. The van der Waals surface area contributed by atoms with Gasteiger partial charge in [-0.1, -0.05) is 25.5 Å². The van der Waals surface area contributed by atoms with Gasteiger partial charge < -0.3 is 10.5 Å². The van der Waals surface area contributed by atoms with Crippen molar-refractivity contribution >= 4 is 11.4 Å². The second-order valence-corrected chi connectivity index (χ2v) is 7.67. The number of aromatic nitrogens is 3. The number of nitrogen functional groups attached to an aromatic ring is 1. The van der Waals surface area contributed by atoms with Gasteiger partial charge in [0.2, 0.25) is 0 Å². The molecule has 0 amide bonds. The number of fused-ring (bicyclic) bond motifs is 1. The lowest BCUT2D eigenvalue weighted by atomic mass is 10.1. The van der Waals surface area contributed by atoms with Gasteiger partial charge in [0, 0.05) is 30.4 Å². The summed E-state index contributed by atoms with van der Waals surface area (Å²) in [4.78, 5) is 16.1. The van der Waals surface area contributed by atoms with Gasteiger partial charge in [0.05, 0.1) is 12.3 Å². The average Bonchev–Trinajstić information content (AvgIpc) is 3.34. The van der Waals surface area contributed by atoms with Gasteiger partial charge in [-0.3, -0.25) is 9.88 Å². The van der Waals surface area contributed by atoms with Crippen LogP contribution in [0.4, 0.5) is 5.82 Å². The van der Waals surface area contributed by atoms with Crippen LogP contribution in [0.3, 0.4) is 0 Å². The number of anilines is 1. The first kappa shape index (κ1) is 18.9. The first-order valence-corrected chi connectivity index (χ1v) is 10.4. The summed E-state index contributed by atoms with van der Waals surface area (Å²) in [6, 6.07) is 4.71. The number of ether oxygens (including phenoxy) is 1. The number of unbranched alkanes of at least 4 members (excludes halogenated alkanes) is 1. The molecule has 2 aromatic heterocycles. The van der Waals surface area contributed by atoms with Crippen molar-refractivity contribution in [2.24, 2.45) is 0 Å². The lowest BCUT2D eigenvalue weighted by Gasteiger charge is -2.14. The van der Waals surface area contributed by atoms with Crippen LogP contribution in [-0.4, -0.2) is 39.5 Å². The molecule has 1 saturated heterocycles. The number of likely N-dealkylation sites (tertiary alicyclic amines) is 1. The lowest BCUT2D eigenvalue weighted by molar-refractivity contribution is 0.285. The van der Waals surface area contributed by atoms with E-state index in [9.17, 15) is 0 Å². The molecule has 1 aliphatic heterocycles. The molecule has 3 heterocycles. The highest BCUT2D eigenvalue weighted by molar-refractivity contribution is 5.75. The molecule has 0 aromatic carbocycles. The van der Waals surface area contributed by atoms with Crippen LogP contribution in [0.1, 0.15) is 55.1 Å². The minimum atomic E-state index is 0.381. The molecule has 6 nitrogen and oxygen atoms in total. The molecule has 2 aliphatic rings. The van der Waals surface area contributed by atoms with Crippen molar-refractivity contribution < 1.29 is 4.74 Å². The standard InChI is InChI=1S/C22H29N5O/c1-2-3-12-28-22-25-20-17(7-9-19(20)21(23)26-22)13-18-8-6-16(14-24-18)15-27-10-4-5-11-27/h6-8,14H,2-5,9-13,15H2,1H3,(H2,23,25,26). The Bertz CT molecular complexity index is 841. The zero-order valence-corrected chi connectivity index (χ0v) is 16.7. The van der Waals surface area contributed by atoms with Crippen molar-refractivity contribution in [2.45, 2.75) is 52.0 Å². The Kier molecular flexibility index (Phi) is 5.86. The summed E-state index contributed by atoms with van der Waals surface area (Å²) < 4.78 is 5.68. The van der Waals surface area contributed by atoms with Crippen molar-refractivity contribution in [3.63, 3.8) is 0 Å². The van der Waals surface area contributed by atoms with E-state index in [4.69, 9.17) is 10.5 Å². The van der Waals surface area contributed by atoms with Crippen molar-refractivity contribution in [1.82, 2.24) is 19.9 Å². The van der Waals surface area contributed by atoms with E-state index < -0.39 is 0 Å². The topological polar surface area (TPSA) is 77.2 Å². The molecule has 148 valence electrons. The van der Waals surface area contributed by atoms with Crippen LogP contribution in [-0.2, 0) is 19.4 Å². The van der Waals surface area contributed by atoms with Crippen LogP contribution in [0, 0.1) is 0 Å². The molecule has 0 unspecified atom stereocenters. The molecule has 0 atom stereocenters. The first-order valence-electron chi connectivity index (χ1n) is 10.4. The van der Waals surface area contributed by atoms with E-state index in [0.29, 0.717) is 18.4 Å². The molecule has 6 heteroatoms. The molecule has 1 fully saturated rings. The summed E-state index contributed by atoms with van der Waals surface area (Å²) >= 11 is 0. The van der Waals surface area contributed by atoms with Crippen LogP contribution in [0.2, 0.25) is 0 Å². The van der Waals surface area contributed by atoms with Gasteiger partial charge in [0.1, 0.15) is 5.82 Å². The van der Waals surface area contributed by atoms with E-state index in [-0.39, 0.29) is 0 Å². The Hall–Kier alpha value is -2.47. The second-order valence-electron chi connectivity index (χ2n) is 7.67. The number of rotatable bonds is 8. The lowest BCUT2D eigenvalue weighted by Crippen LogP contribution is -2.18. The smallest absolute Gasteiger partial charge is 0.318 e. The van der Waals surface area contributed by atoms with E-state index in [1.165, 1.54) is 31.5 Å². The van der Waals surface area contributed by atoms with Crippen LogP contribution in [0.15, 0.2) is 24.4 Å². The number of nitrogens with zero attached hydrogens (tertiary/aromatic N) is 4. The Morgan fingerprint density at radius 1 is 1.18 bits per heavy atom. The number of nitrogens with two attached hydrogens (primary N) is 1. The maximum Gasteiger partial charge on any atom is 0.318 e. The summed E-state index contributed by atoms with van der Waals surface area (Å²) in [6.45, 7) is 6.16. The van der Waals surface area contributed by atoms with Crippen molar-refractivity contribution in [2.75, 3.05) is 25.4 Å². The predicted octanol–water partition coefficient (Wildman–Crippen LogP) is 3.41. The number of pyridine rings is 1. The molecule has 0 saturated carbocycles. The quantitative estimate of drug-likeness (QED) is 0.708. The third kappa shape index (κ3) is 4.33. The second kappa shape index (κ2) is 8.69. The van der Waals surface area contributed by atoms with Gasteiger partial charge in [-0.05, 0) is 56.0 Å². The van der Waals surface area contributed by atoms with E-state index in [2.05, 4.69) is 45.0 Å². The van der Waals surface area contributed by atoms with Gasteiger partial charge in [-0.25, -0.2) is 0 Å². The Balaban J connectivity index is 1.43. The van der Waals surface area contributed by atoms with Crippen LogP contribution >= 0.6 is 0 Å². The van der Waals surface area contributed by atoms with E-state index in [1.807, 2.05) is 6.20 Å². The summed E-state index contributed by atoms with van der Waals surface area (Å²) in [5.74, 6) is 0.525. The number of hydrogen-bond acceptors (Lipinski definition) is 6. The van der Waals surface area contributed by atoms with Crippen molar-refractivity contribution in [3.8, 4) is 6.01 Å². The maximum atomic E-state index is 6.15. The zero-order chi connectivity index (χ0) is 19.3. The van der Waals surface area contributed by atoms with E-state index >= 15 is 0 Å². The summed E-state index contributed by atoms with van der Waals surface area (Å²) in [7, 11) is 0. The molecular formula is C22H29N5O. The fourth-order valence-electron chi connectivity index (χ4n) is 3.84. The molecule has 2 N–H and O–H groups in total. The molecule has 28 heavy (non-hydrogen) atoms. The van der Waals surface area contributed by atoms with Gasteiger partial charge in [0.15, 0.2) is 0 Å². The molecule has 0 radical (unpaired) electrons. The monoisotopic (exact) mass is 379 g/mol. The highest BCUT2D eigenvalue weighted by Gasteiger charge is 2.21. The summed E-state index contributed by atoms with van der Waals surface area (Å²) in [5.41, 5.74) is 11.6. The molecular weight excluding hydrogens is 350 g/mol. The average molecular weight is 380 g/mol. The molecule has 0 spiro atoms. The van der Waals surface area contributed by atoms with Crippen LogP contribution in [0.25, 0.3) is 5.57 Å². The first-order chi connectivity index (χ1) is 13.7. The predicted molar refractivity (Wildman–Crippen MR) is 111 cm³/mol. The molecule has 2 aromatic rings. The van der Waals surface area contributed by atoms with Crippen LogP contribution in [0.5, 0.6) is 6.01 Å². The number of hydrogen-bond donors (Lipinski definition) is 1. The zero-order valence-electron chi connectivity index (χ0n) is 16.7. The Morgan fingerprint density at radius 3 is 2.79 bits per heavy atom. The molecule has 4 rings (SSSR count). The SMILES string of the molecule is CCCCOc1nc(N)c2c(n1)C(Cc1ccc(CN3CCCC3)cn1)=CC2. The fraction of sp³-hybridized carbons (Fsp3) is 0.500. The fourth-order valence-corrected chi connectivity index (χ4v) is 3.84. The van der Waals surface area contributed by atoms with Gasteiger partial charge in [0.25, 0.3) is 0 Å². The summed E-state index contributed by atoms with van der Waals surface area (Å²) in [5, 5.41) is 0. The van der Waals surface area contributed by atoms with E-state index in [1.54, 1.807) is 0 Å². The highest BCUT2D eigenvalue weighted by Crippen LogP contribution is 2.32. The highest BCUT2D eigenvalue weighted by atomic mass is 16.5. The van der Waals surface area contributed by atoms with Gasteiger partial charge in [-0.2, -0.15) is 9.97 Å². The van der Waals surface area contributed by atoms with Gasteiger partial charge in [-0.15, -0.1) is 0 Å². The summed E-state index contributed by atoms with van der Waals surface area (Å²) in [6.07, 6.45) is 10.4.